The maximum atomic E-state index is 12.5. The van der Waals surface area contributed by atoms with E-state index in [0.717, 1.165) is 32.4 Å². The van der Waals surface area contributed by atoms with Crippen molar-refractivity contribution in [2.24, 2.45) is 50.7 Å². The fourth-order valence-electron chi connectivity index (χ4n) is 13.4. The fraction of sp³-hybridized carbons (Fsp3) is 0.972. The zero-order valence-electron chi connectivity index (χ0n) is 28.5. The molecule has 0 radical (unpaired) electrons. The Balaban J connectivity index is 1.16. The Hall–Kier alpha value is -0.770. The number of rotatable bonds is 5. The molecule has 5 saturated carbocycles. The van der Waals surface area contributed by atoms with Gasteiger partial charge in [0, 0.05) is 25.4 Å². The van der Waals surface area contributed by atoms with Crippen molar-refractivity contribution in [2.45, 2.75) is 149 Å². The van der Waals surface area contributed by atoms with Crippen LogP contribution in [0.1, 0.15) is 107 Å². The van der Waals surface area contributed by atoms with Gasteiger partial charge >= 0.3 is 5.97 Å². The first kappa shape index (κ1) is 31.8. The third kappa shape index (κ3) is 4.12. The van der Waals surface area contributed by atoms with E-state index in [9.17, 15) is 15.0 Å². The van der Waals surface area contributed by atoms with Gasteiger partial charge in [-0.05, 0) is 111 Å². The van der Waals surface area contributed by atoms with Crippen molar-refractivity contribution in [2.75, 3.05) is 19.7 Å². The van der Waals surface area contributed by atoms with Crippen molar-refractivity contribution in [1.29, 1.82) is 0 Å². The lowest BCUT2D eigenvalue weighted by molar-refractivity contribution is -0.237. The molecule has 2 heterocycles. The van der Waals surface area contributed by atoms with Crippen LogP contribution in [0.3, 0.4) is 0 Å². The number of aliphatic hydroxyl groups is 2. The molecule has 0 aromatic heterocycles. The zero-order chi connectivity index (χ0) is 31.7. The molecule has 8 nitrogen and oxygen atoms in total. The third-order valence-corrected chi connectivity index (χ3v) is 15.3. The maximum absolute atomic E-state index is 12.5. The molecule has 0 amide bonds. The van der Waals surface area contributed by atoms with E-state index in [0.29, 0.717) is 30.3 Å². The molecule has 0 bridgehead atoms. The zero-order valence-corrected chi connectivity index (χ0v) is 28.5. The molecular formula is C36H59NO7. The molecule has 14 atom stereocenters. The number of esters is 1. The molecule has 3 N–H and O–H groups in total. The van der Waals surface area contributed by atoms with E-state index in [1.165, 1.54) is 32.6 Å². The molecule has 0 aromatic carbocycles. The molecule has 5 aliphatic carbocycles. The van der Waals surface area contributed by atoms with Crippen molar-refractivity contribution < 1.29 is 34.0 Å². The molecule has 0 aromatic rings. The highest BCUT2D eigenvalue weighted by Gasteiger charge is 2.84. The van der Waals surface area contributed by atoms with Gasteiger partial charge in [0.2, 0.25) is 0 Å². The predicted octanol–water partition coefficient (Wildman–Crippen LogP) is 4.83. The first-order chi connectivity index (χ1) is 20.5. The first-order valence-electron chi connectivity index (χ1n) is 17.7. The van der Waals surface area contributed by atoms with Crippen LogP contribution in [0.15, 0.2) is 0 Å². The number of ether oxygens (including phenoxy) is 4. The molecule has 2 aliphatic heterocycles. The number of carbonyl (C=O) groups excluding carboxylic acids is 1. The highest BCUT2D eigenvalue weighted by atomic mass is 16.7. The Bertz CT molecular complexity index is 1150. The second-order valence-electron chi connectivity index (χ2n) is 17.9. The van der Waals surface area contributed by atoms with Gasteiger partial charge in [0.05, 0.1) is 36.6 Å². The normalized spacial score (nSPS) is 53.3. The molecular weight excluding hydrogens is 558 g/mol. The van der Waals surface area contributed by atoms with Crippen LogP contribution in [0.4, 0.5) is 0 Å². The molecule has 7 aliphatic rings. The first-order valence-corrected chi connectivity index (χ1v) is 17.7. The summed E-state index contributed by atoms with van der Waals surface area (Å²) in [7, 11) is 0. The van der Waals surface area contributed by atoms with Crippen LogP contribution < -0.4 is 5.32 Å². The van der Waals surface area contributed by atoms with Gasteiger partial charge in [0.15, 0.2) is 12.4 Å². The van der Waals surface area contributed by atoms with Crippen molar-refractivity contribution >= 4 is 5.97 Å². The van der Waals surface area contributed by atoms with E-state index >= 15 is 0 Å². The van der Waals surface area contributed by atoms with E-state index in [1.807, 2.05) is 0 Å². The van der Waals surface area contributed by atoms with Crippen LogP contribution >= 0.6 is 0 Å². The van der Waals surface area contributed by atoms with Crippen molar-refractivity contribution in [3.63, 3.8) is 0 Å². The molecule has 250 valence electrons. The lowest BCUT2D eigenvalue weighted by Gasteiger charge is -2.64. The second kappa shape index (κ2) is 10.1. The summed E-state index contributed by atoms with van der Waals surface area (Å²) in [5, 5.41) is 26.9. The SMILES string of the molecule is CC(=O)O[C@@H]([C@H]1C[C@@H](C)[C@H]2[C@H](O1)[C@H](O)[C@@]1(C)[C@@H]3CC[C@H]4C(C)(C)C(O[C@H]5CNCCO5)CCC45C[C@@]35CC[C@]21C)C(C)(C)O. The topological polar surface area (TPSA) is 106 Å². The number of hydrogen-bond donors (Lipinski definition) is 3. The summed E-state index contributed by atoms with van der Waals surface area (Å²) in [4.78, 5) is 12.0. The fourth-order valence-corrected chi connectivity index (χ4v) is 13.4. The lowest BCUT2D eigenvalue weighted by Crippen LogP contribution is -2.60. The minimum atomic E-state index is -1.25. The van der Waals surface area contributed by atoms with E-state index in [2.05, 4.69) is 39.9 Å². The van der Waals surface area contributed by atoms with E-state index in [1.54, 1.807) is 13.8 Å². The number of hydrogen-bond acceptors (Lipinski definition) is 8. The Morgan fingerprint density at radius 2 is 1.75 bits per heavy atom. The van der Waals surface area contributed by atoms with Crippen LogP contribution in [-0.2, 0) is 23.7 Å². The van der Waals surface area contributed by atoms with Gasteiger partial charge in [-0.2, -0.15) is 0 Å². The van der Waals surface area contributed by atoms with E-state index < -0.39 is 29.9 Å². The van der Waals surface area contributed by atoms with Crippen LogP contribution in [-0.4, -0.2) is 78.3 Å². The summed E-state index contributed by atoms with van der Waals surface area (Å²) in [6, 6.07) is 0. The molecule has 8 heteroatoms. The highest BCUT2D eigenvalue weighted by Crippen LogP contribution is 2.89. The molecule has 2 spiro atoms. The van der Waals surface area contributed by atoms with Gasteiger partial charge in [-0.25, -0.2) is 0 Å². The maximum Gasteiger partial charge on any atom is 0.303 e. The van der Waals surface area contributed by atoms with Gasteiger partial charge in [-0.3, -0.25) is 4.79 Å². The Kier molecular flexibility index (Phi) is 7.32. The largest absolute Gasteiger partial charge is 0.457 e. The average Bonchev–Trinajstić information content (AvgIpc) is 3.58. The number of nitrogens with one attached hydrogen (secondary N) is 1. The third-order valence-electron chi connectivity index (χ3n) is 15.3. The van der Waals surface area contributed by atoms with Gasteiger partial charge in [0.25, 0.3) is 0 Å². The highest BCUT2D eigenvalue weighted by molar-refractivity contribution is 5.66. The van der Waals surface area contributed by atoms with Crippen LogP contribution in [0, 0.1) is 50.7 Å². The molecule has 2 saturated heterocycles. The average molecular weight is 618 g/mol. The van der Waals surface area contributed by atoms with Crippen molar-refractivity contribution in [3.05, 3.63) is 0 Å². The molecule has 7 fully saturated rings. The van der Waals surface area contributed by atoms with Gasteiger partial charge in [-0.1, -0.05) is 34.6 Å². The lowest BCUT2D eigenvalue weighted by atomic mass is 9.41. The minimum Gasteiger partial charge on any atom is -0.457 e. The molecule has 2 unspecified atom stereocenters. The standard InChI is InChI=1S/C36H59NO7/c1-20-17-22(30(32(5,6)40)42-21(2)38)43-28-27(20)33(7)13-14-36-19-35(36)12-11-25(44-26-18-37-15-16-41-26)31(3,4)23(35)9-10-24(36)34(33,8)29(28)39/h20,22-30,37,39-40H,9-19H2,1-8H3/t20-,22-,23+,24+,25?,26+,27+,28+,29+,30+,33-,34-,35?,36+/m1/s1. The number of morpholine rings is 1. The van der Waals surface area contributed by atoms with Crippen molar-refractivity contribution in [3.8, 4) is 0 Å². The summed E-state index contributed by atoms with van der Waals surface area (Å²) in [6.45, 7) is 19.2. The number of carbonyl (C=O) groups is 1. The van der Waals surface area contributed by atoms with E-state index in [-0.39, 0.29) is 52.0 Å². The molecule has 44 heavy (non-hydrogen) atoms. The Morgan fingerprint density at radius 1 is 1.05 bits per heavy atom. The quantitative estimate of drug-likeness (QED) is 0.377. The second-order valence-corrected chi connectivity index (χ2v) is 17.9. The van der Waals surface area contributed by atoms with Gasteiger partial charge in [-0.15, -0.1) is 0 Å². The number of fused-ring (bicyclic) bond motifs is 4. The van der Waals surface area contributed by atoms with Gasteiger partial charge < -0.3 is 34.5 Å². The van der Waals surface area contributed by atoms with Gasteiger partial charge in [0.1, 0.15) is 0 Å². The Labute approximate surface area is 264 Å². The summed E-state index contributed by atoms with van der Waals surface area (Å²) < 4.78 is 25.2. The van der Waals surface area contributed by atoms with Crippen LogP contribution in [0.25, 0.3) is 0 Å². The summed E-state index contributed by atoms with van der Waals surface area (Å²) >= 11 is 0. The van der Waals surface area contributed by atoms with Crippen molar-refractivity contribution in [1.82, 2.24) is 5.32 Å². The monoisotopic (exact) mass is 617 g/mol. The van der Waals surface area contributed by atoms with Crippen LogP contribution in [0.2, 0.25) is 0 Å². The minimum absolute atomic E-state index is 0.0409. The van der Waals surface area contributed by atoms with Crippen LogP contribution in [0.5, 0.6) is 0 Å². The smallest absolute Gasteiger partial charge is 0.303 e. The summed E-state index contributed by atoms with van der Waals surface area (Å²) in [5.41, 5.74) is -0.862. The van der Waals surface area contributed by atoms with E-state index in [4.69, 9.17) is 18.9 Å². The number of aliphatic hydroxyl groups excluding tert-OH is 1. The molecule has 7 rings (SSSR count). The predicted molar refractivity (Wildman–Crippen MR) is 165 cm³/mol. The Morgan fingerprint density at radius 3 is 2.41 bits per heavy atom. The summed E-state index contributed by atoms with van der Waals surface area (Å²) in [5.74, 6) is 1.16. The summed E-state index contributed by atoms with van der Waals surface area (Å²) in [6.07, 6.45) is 6.87.